The van der Waals surface area contributed by atoms with Crippen LogP contribution >= 0.6 is 0 Å². The molecule has 2 aromatic heterocycles. The zero-order valence-corrected chi connectivity index (χ0v) is 12.3. The van der Waals surface area contributed by atoms with Gasteiger partial charge in [-0.15, -0.1) is 5.10 Å². The van der Waals surface area contributed by atoms with E-state index in [0.717, 1.165) is 17.1 Å². The summed E-state index contributed by atoms with van der Waals surface area (Å²) in [6.07, 6.45) is 4.77. The van der Waals surface area contributed by atoms with Crippen molar-refractivity contribution < 1.29 is 4.74 Å². The number of benzene rings is 1. The summed E-state index contributed by atoms with van der Waals surface area (Å²) < 4.78 is 6.80. The van der Waals surface area contributed by atoms with Gasteiger partial charge in [-0.3, -0.25) is 4.98 Å². The number of methoxy groups -OCH3 is 1. The van der Waals surface area contributed by atoms with Crippen molar-refractivity contribution in [1.82, 2.24) is 25.0 Å². The lowest BCUT2D eigenvalue weighted by atomic mass is 10.3. The topological polar surface area (TPSA) is 102 Å². The van der Waals surface area contributed by atoms with E-state index in [1.807, 2.05) is 36.5 Å². The predicted molar refractivity (Wildman–Crippen MR) is 82.0 cm³/mol. The lowest BCUT2D eigenvalue weighted by molar-refractivity contribution is 0.414. The number of hydrogen-bond acceptors (Lipinski definition) is 7. The molecule has 0 aliphatic carbocycles. The van der Waals surface area contributed by atoms with Crippen LogP contribution in [0.5, 0.6) is 5.75 Å². The number of aromatic nitrogens is 5. The predicted octanol–water partition coefficient (Wildman–Crippen LogP) is 1.55. The van der Waals surface area contributed by atoms with Gasteiger partial charge in [-0.1, -0.05) is 5.21 Å². The van der Waals surface area contributed by atoms with Gasteiger partial charge in [0.1, 0.15) is 23.3 Å². The monoisotopic (exact) mass is 307 g/mol. The molecule has 3 aromatic rings. The number of hydrogen-bond donors (Lipinski definition) is 1. The number of anilines is 1. The largest absolute Gasteiger partial charge is 0.497 e. The first-order valence-corrected chi connectivity index (χ1v) is 6.80. The molecule has 0 aliphatic heterocycles. The molecule has 0 radical (unpaired) electrons. The van der Waals surface area contributed by atoms with Crippen LogP contribution in [0.1, 0.15) is 11.4 Å². The van der Waals surface area contributed by atoms with Crippen molar-refractivity contribution in [2.45, 2.75) is 6.54 Å². The van der Waals surface area contributed by atoms with Crippen molar-refractivity contribution in [2.75, 3.05) is 12.4 Å². The lowest BCUT2D eigenvalue weighted by Gasteiger charge is -2.03. The number of nitrogens with zero attached hydrogens (tertiary/aromatic N) is 6. The van der Waals surface area contributed by atoms with Gasteiger partial charge in [0.2, 0.25) is 0 Å². The van der Waals surface area contributed by atoms with Crippen molar-refractivity contribution in [3.63, 3.8) is 0 Å². The van der Waals surface area contributed by atoms with E-state index >= 15 is 0 Å². The maximum Gasteiger partial charge on any atom is 0.161 e. The minimum atomic E-state index is 0.261. The van der Waals surface area contributed by atoms with E-state index in [4.69, 9.17) is 10.00 Å². The molecule has 8 heteroatoms. The van der Waals surface area contributed by atoms with Crippen molar-refractivity contribution in [3.8, 4) is 17.5 Å². The molecule has 1 N–H and O–H groups in total. The molecular formula is C15H13N7O. The molecule has 0 fully saturated rings. The normalized spacial score (nSPS) is 10.1. The molecule has 0 saturated carbocycles. The second kappa shape index (κ2) is 6.53. The summed E-state index contributed by atoms with van der Waals surface area (Å²) in [5, 5.41) is 20.0. The van der Waals surface area contributed by atoms with Gasteiger partial charge in [0.25, 0.3) is 0 Å². The van der Waals surface area contributed by atoms with Crippen LogP contribution in [0, 0.1) is 11.3 Å². The molecule has 0 bridgehead atoms. The molecule has 3 rings (SSSR count). The van der Waals surface area contributed by atoms with Crippen LogP contribution in [0.2, 0.25) is 0 Å². The summed E-state index contributed by atoms with van der Waals surface area (Å²) in [5.74, 6) is 1.30. The minimum Gasteiger partial charge on any atom is -0.497 e. The highest BCUT2D eigenvalue weighted by atomic mass is 16.5. The van der Waals surface area contributed by atoms with Gasteiger partial charge in [-0.2, -0.15) is 5.26 Å². The van der Waals surface area contributed by atoms with Crippen molar-refractivity contribution in [3.05, 3.63) is 54.2 Å². The fraction of sp³-hybridized carbons (Fsp3) is 0.133. The Labute approximate surface area is 132 Å². The van der Waals surface area contributed by atoms with Crippen LogP contribution in [0.3, 0.4) is 0 Å². The van der Waals surface area contributed by atoms with Gasteiger partial charge in [0, 0.05) is 0 Å². The first kappa shape index (κ1) is 14.5. The standard InChI is InChI=1S/C15H13N7O/c1-23-14-4-2-13(3-5-14)22-10-12(20-21-22)8-18-15-9-17-7-11(6-16)19-15/h2-5,7,9-10H,8H2,1H3,(H,18,19). The highest BCUT2D eigenvalue weighted by molar-refractivity contribution is 5.37. The Hall–Kier alpha value is -3.47. The highest BCUT2D eigenvalue weighted by Gasteiger charge is 2.04. The lowest BCUT2D eigenvalue weighted by Crippen LogP contribution is -2.03. The molecule has 1 aromatic carbocycles. The van der Waals surface area contributed by atoms with Crippen molar-refractivity contribution in [1.29, 1.82) is 5.26 Å². The summed E-state index contributed by atoms with van der Waals surface area (Å²) in [6.45, 7) is 0.430. The summed E-state index contributed by atoms with van der Waals surface area (Å²) in [4.78, 5) is 8.02. The SMILES string of the molecule is COc1ccc(-n2cc(CNc3cncc(C#N)n3)nn2)cc1. The Morgan fingerprint density at radius 1 is 1.26 bits per heavy atom. The van der Waals surface area contributed by atoms with Crippen molar-refractivity contribution in [2.24, 2.45) is 0 Å². The Bertz CT molecular complexity index is 836. The number of ether oxygens (including phenoxy) is 1. The minimum absolute atomic E-state index is 0.261. The van der Waals surface area contributed by atoms with E-state index < -0.39 is 0 Å². The summed E-state index contributed by atoms with van der Waals surface area (Å²) >= 11 is 0. The molecule has 23 heavy (non-hydrogen) atoms. The fourth-order valence-corrected chi connectivity index (χ4v) is 1.93. The van der Waals surface area contributed by atoms with Crippen LogP contribution < -0.4 is 10.1 Å². The van der Waals surface area contributed by atoms with E-state index in [1.165, 1.54) is 6.20 Å². The van der Waals surface area contributed by atoms with Crippen LogP contribution in [0.25, 0.3) is 5.69 Å². The smallest absolute Gasteiger partial charge is 0.161 e. The Morgan fingerprint density at radius 3 is 2.83 bits per heavy atom. The fourth-order valence-electron chi connectivity index (χ4n) is 1.93. The van der Waals surface area contributed by atoms with Gasteiger partial charge < -0.3 is 10.1 Å². The second-order valence-electron chi connectivity index (χ2n) is 4.61. The maximum absolute atomic E-state index is 8.80. The third-order valence-electron chi connectivity index (χ3n) is 3.08. The highest BCUT2D eigenvalue weighted by Crippen LogP contribution is 2.14. The summed E-state index contributed by atoms with van der Waals surface area (Å²) in [6, 6.07) is 9.45. The quantitative estimate of drug-likeness (QED) is 0.763. The van der Waals surface area contributed by atoms with Gasteiger partial charge >= 0.3 is 0 Å². The summed E-state index contributed by atoms with van der Waals surface area (Å²) in [5.41, 5.74) is 1.89. The molecular weight excluding hydrogens is 294 g/mol. The molecule has 8 nitrogen and oxygen atoms in total. The average molecular weight is 307 g/mol. The van der Waals surface area contributed by atoms with E-state index in [2.05, 4.69) is 25.6 Å². The Morgan fingerprint density at radius 2 is 2.09 bits per heavy atom. The van der Waals surface area contributed by atoms with E-state index in [1.54, 1.807) is 18.0 Å². The molecule has 0 amide bonds. The third-order valence-corrected chi connectivity index (χ3v) is 3.08. The van der Waals surface area contributed by atoms with Gasteiger partial charge in [0.05, 0.1) is 37.9 Å². The number of nitrogens with one attached hydrogen (secondary N) is 1. The van der Waals surface area contributed by atoms with E-state index in [9.17, 15) is 0 Å². The second-order valence-corrected chi connectivity index (χ2v) is 4.61. The third kappa shape index (κ3) is 3.41. The average Bonchev–Trinajstić information content (AvgIpc) is 3.09. The molecule has 0 saturated heterocycles. The first-order chi connectivity index (χ1) is 11.3. The van der Waals surface area contributed by atoms with Gasteiger partial charge in [-0.05, 0) is 24.3 Å². The zero-order valence-electron chi connectivity index (χ0n) is 12.3. The van der Waals surface area contributed by atoms with Crippen LogP contribution in [0.15, 0.2) is 42.9 Å². The van der Waals surface area contributed by atoms with Crippen LogP contribution in [-0.2, 0) is 6.54 Å². The Balaban J connectivity index is 1.68. The van der Waals surface area contributed by atoms with Crippen molar-refractivity contribution >= 4 is 5.82 Å². The molecule has 2 heterocycles. The van der Waals surface area contributed by atoms with E-state index in [-0.39, 0.29) is 5.69 Å². The summed E-state index contributed by atoms with van der Waals surface area (Å²) in [7, 11) is 1.62. The van der Waals surface area contributed by atoms with Crippen LogP contribution in [0.4, 0.5) is 5.82 Å². The van der Waals surface area contributed by atoms with Gasteiger partial charge in [-0.25, -0.2) is 9.67 Å². The van der Waals surface area contributed by atoms with E-state index in [0.29, 0.717) is 12.4 Å². The number of rotatable bonds is 5. The van der Waals surface area contributed by atoms with Gasteiger partial charge in [0.15, 0.2) is 5.69 Å². The zero-order chi connectivity index (χ0) is 16.1. The molecule has 0 spiro atoms. The molecule has 0 atom stereocenters. The Kier molecular flexibility index (Phi) is 4.11. The first-order valence-electron chi connectivity index (χ1n) is 6.80. The molecule has 114 valence electrons. The maximum atomic E-state index is 8.80. The molecule has 0 aliphatic rings. The molecule has 0 unspecified atom stereocenters. The van der Waals surface area contributed by atoms with Crippen LogP contribution in [-0.4, -0.2) is 32.1 Å². The number of nitriles is 1.